The molecule has 0 aliphatic carbocycles. The van der Waals surface area contributed by atoms with Crippen LogP contribution in [-0.2, 0) is 16.6 Å². The molecule has 2 aromatic rings. The Hall–Kier alpha value is -2.25. The minimum absolute atomic E-state index is 0.0517. The molecule has 0 radical (unpaired) electrons. The summed E-state index contributed by atoms with van der Waals surface area (Å²) in [7, 11) is -3.68. The number of thiazole rings is 1. The number of aromatic nitrogens is 1. The van der Waals surface area contributed by atoms with Crippen molar-refractivity contribution in [1.82, 2.24) is 14.6 Å². The minimum Gasteiger partial charge on any atom is -0.298 e. The van der Waals surface area contributed by atoms with Crippen LogP contribution in [0.5, 0.6) is 0 Å². The number of likely N-dealkylation sites (tertiary alicyclic amines) is 1. The molecule has 0 spiro atoms. The first-order valence-corrected chi connectivity index (χ1v) is 12.1. The number of piperidine rings is 1. The Kier molecular flexibility index (Phi) is 7.26. The molecule has 1 aliphatic rings. The van der Waals surface area contributed by atoms with Crippen molar-refractivity contribution < 1.29 is 13.2 Å². The second kappa shape index (κ2) is 9.71. The fraction of sp³-hybridized carbons (Fsp3) is 0.429. The van der Waals surface area contributed by atoms with Crippen LogP contribution in [0.25, 0.3) is 0 Å². The molecule has 2 unspecified atom stereocenters. The first-order valence-electron chi connectivity index (χ1n) is 9.78. The minimum atomic E-state index is -3.68. The van der Waals surface area contributed by atoms with Crippen molar-refractivity contribution in [1.29, 1.82) is 0 Å². The number of anilines is 1. The van der Waals surface area contributed by atoms with Gasteiger partial charge in [-0.1, -0.05) is 19.8 Å². The average Bonchev–Trinajstić information content (AvgIpc) is 3.12. The van der Waals surface area contributed by atoms with Crippen LogP contribution in [0, 0.1) is 24.2 Å². The first-order chi connectivity index (χ1) is 14.3. The van der Waals surface area contributed by atoms with E-state index in [-0.39, 0.29) is 17.3 Å². The fourth-order valence-electron chi connectivity index (χ4n) is 3.76. The number of hydrogen-bond acceptors (Lipinski definition) is 6. The molecule has 1 amide bonds. The van der Waals surface area contributed by atoms with Crippen LogP contribution >= 0.6 is 11.3 Å². The van der Waals surface area contributed by atoms with Crippen LogP contribution in [0.3, 0.4) is 0 Å². The number of benzene rings is 1. The van der Waals surface area contributed by atoms with E-state index in [0.29, 0.717) is 22.5 Å². The maximum Gasteiger partial charge on any atom is 0.257 e. The lowest BCUT2D eigenvalue weighted by Crippen LogP contribution is -2.38. The molecule has 2 N–H and O–H groups in total. The van der Waals surface area contributed by atoms with Gasteiger partial charge in [0.05, 0.1) is 17.1 Å². The van der Waals surface area contributed by atoms with Crippen LogP contribution in [-0.4, -0.2) is 43.8 Å². The number of nitrogens with one attached hydrogen (secondary N) is 2. The van der Waals surface area contributed by atoms with Gasteiger partial charge in [-0.25, -0.2) is 13.4 Å². The van der Waals surface area contributed by atoms with E-state index < -0.39 is 10.0 Å². The van der Waals surface area contributed by atoms with Gasteiger partial charge >= 0.3 is 0 Å². The SMILES string of the molecule is C#CCNS(=O)(=O)c1ccc(C(=O)Nc2nc(CN3CC(C)CC(C)C3)cs2)cc1. The number of nitrogens with zero attached hydrogens (tertiary/aromatic N) is 2. The molecule has 1 aromatic heterocycles. The zero-order valence-electron chi connectivity index (χ0n) is 17.1. The van der Waals surface area contributed by atoms with Crippen molar-refractivity contribution in [3.63, 3.8) is 0 Å². The monoisotopic (exact) mass is 446 g/mol. The number of rotatable bonds is 7. The molecule has 1 aliphatic heterocycles. The summed E-state index contributed by atoms with van der Waals surface area (Å²) in [4.78, 5) is 19.5. The van der Waals surface area contributed by atoms with Gasteiger partial charge in [-0.3, -0.25) is 15.0 Å². The van der Waals surface area contributed by atoms with Crippen LogP contribution in [0.2, 0.25) is 0 Å². The maximum absolute atomic E-state index is 12.5. The zero-order valence-corrected chi connectivity index (χ0v) is 18.7. The van der Waals surface area contributed by atoms with Crippen LogP contribution in [0.15, 0.2) is 34.5 Å². The van der Waals surface area contributed by atoms with Crippen molar-refractivity contribution >= 4 is 32.4 Å². The van der Waals surface area contributed by atoms with E-state index in [2.05, 4.69) is 39.7 Å². The van der Waals surface area contributed by atoms with Gasteiger partial charge in [0.15, 0.2) is 5.13 Å². The molecule has 2 heterocycles. The standard InChI is InChI=1S/C21H26N4O3S2/c1-4-9-22-30(27,28)19-7-5-17(6-8-19)20(26)24-21-23-18(14-29-21)13-25-11-15(2)10-16(3)12-25/h1,5-8,14-16,22H,9-13H2,2-3H3,(H,23,24,26). The number of sulfonamides is 1. The van der Waals surface area contributed by atoms with E-state index in [1.165, 1.54) is 42.0 Å². The molecule has 1 aromatic carbocycles. The largest absolute Gasteiger partial charge is 0.298 e. The number of amides is 1. The van der Waals surface area contributed by atoms with Gasteiger partial charge in [-0.2, -0.15) is 4.72 Å². The van der Waals surface area contributed by atoms with Gasteiger partial charge in [-0.15, -0.1) is 17.8 Å². The number of hydrogen-bond donors (Lipinski definition) is 2. The number of carbonyl (C=O) groups excluding carboxylic acids is 1. The molecule has 30 heavy (non-hydrogen) atoms. The van der Waals surface area contributed by atoms with Crippen LogP contribution in [0.1, 0.15) is 36.3 Å². The van der Waals surface area contributed by atoms with Gasteiger partial charge in [0.25, 0.3) is 5.91 Å². The predicted molar refractivity (Wildman–Crippen MR) is 119 cm³/mol. The Balaban J connectivity index is 1.59. The fourth-order valence-corrected chi connectivity index (χ4v) is 5.39. The third kappa shape index (κ3) is 5.89. The highest BCUT2D eigenvalue weighted by Crippen LogP contribution is 2.24. The van der Waals surface area contributed by atoms with Crippen molar-refractivity contribution in [2.75, 3.05) is 25.0 Å². The summed E-state index contributed by atoms with van der Waals surface area (Å²) < 4.78 is 26.4. The van der Waals surface area contributed by atoms with E-state index in [4.69, 9.17) is 6.42 Å². The summed E-state index contributed by atoms with van der Waals surface area (Å²) in [5, 5.41) is 5.28. The molecule has 7 nitrogen and oxygen atoms in total. The van der Waals surface area contributed by atoms with Gasteiger partial charge in [-0.05, 0) is 42.5 Å². The van der Waals surface area contributed by atoms with E-state index in [1.807, 2.05) is 5.38 Å². The Labute approximate surface area is 182 Å². The lowest BCUT2D eigenvalue weighted by atomic mass is 9.92. The van der Waals surface area contributed by atoms with E-state index in [0.717, 1.165) is 25.3 Å². The van der Waals surface area contributed by atoms with Gasteiger partial charge < -0.3 is 0 Å². The quantitative estimate of drug-likeness (QED) is 0.638. The smallest absolute Gasteiger partial charge is 0.257 e. The summed E-state index contributed by atoms with van der Waals surface area (Å²) in [6.45, 7) is 7.36. The Bertz CT molecular complexity index is 1020. The second-order valence-electron chi connectivity index (χ2n) is 7.79. The molecular weight excluding hydrogens is 420 g/mol. The van der Waals surface area contributed by atoms with Crippen molar-refractivity contribution in [2.24, 2.45) is 11.8 Å². The summed E-state index contributed by atoms with van der Waals surface area (Å²) in [5.41, 5.74) is 1.29. The third-order valence-electron chi connectivity index (χ3n) is 4.89. The van der Waals surface area contributed by atoms with Gasteiger partial charge in [0.1, 0.15) is 0 Å². The van der Waals surface area contributed by atoms with Crippen molar-refractivity contribution in [3.05, 3.63) is 40.9 Å². The highest BCUT2D eigenvalue weighted by molar-refractivity contribution is 7.89. The van der Waals surface area contributed by atoms with E-state index in [9.17, 15) is 13.2 Å². The van der Waals surface area contributed by atoms with Crippen molar-refractivity contribution in [2.45, 2.75) is 31.7 Å². The molecular formula is C21H26N4O3S2. The Morgan fingerprint density at radius 1 is 1.27 bits per heavy atom. The Morgan fingerprint density at radius 2 is 1.93 bits per heavy atom. The van der Waals surface area contributed by atoms with Crippen molar-refractivity contribution in [3.8, 4) is 12.3 Å². The summed E-state index contributed by atoms with van der Waals surface area (Å²) in [6.07, 6.45) is 6.34. The van der Waals surface area contributed by atoms with Crippen LogP contribution in [0.4, 0.5) is 5.13 Å². The molecule has 0 bridgehead atoms. The molecule has 2 atom stereocenters. The van der Waals surface area contributed by atoms with E-state index >= 15 is 0 Å². The zero-order chi connectivity index (χ0) is 21.7. The normalized spacial score (nSPS) is 19.9. The topological polar surface area (TPSA) is 91.4 Å². The second-order valence-corrected chi connectivity index (χ2v) is 10.4. The van der Waals surface area contributed by atoms with E-state index in [1.54, 1.807) is 0 Å². The summed E-state index contributed by atoms with van der Waals surface area (Å²) >= 11 is 1.38. The first kappa shape index (κ1) is 22.4. The average molecular weight is 447 g/mol. The Morgan fingerprint density at radius 3 is 2.57 bits per heavy atom. The number of terminal acetylenes is 1. The predicted octanol–water partition coefficient (Wildman–Crippen LogP) is 2.78. The lowest BCUT2D eigenvalue weighted by Gasteiger charge is -2.34. The maximum atomic E-state index is 12.5. The number of carbonyl (C=O) groups is 1. The van der Waals surface area contributed by atoms with Gasteiger partial charge in [0.2, 0.25) is 10.0 Å². The molecule has 1 fully saturated rings. The molecule has 160 valence electrons. The highest BCUT2D eigenvalue weighted by atomic mass is 32.2. The summed E-state index contributed by atoms with van der Waals surface area (Å²) in [6, 6.07) is 5.68. The van der Waals surface area contributed by atoms with Gasteiger partial charge in [0, 0.05) is 30.6 Å². The molecule has 3 rings (SSSR count). The third-order valence-corrected chi connectivity index (χ3v) is 7.12. The molecule has 9 heteroatoms. The van der Waals surface area contributed by atoms with Crippen LogP contribution < -0.4 is 10.0 Å². The molecule has 0 saturated carbocycles. The molecule has 1 saturated heterocycles. The summed E-state index contributed by atoms with van der Waals surface area (Å²) in [5.74, 6) is 3.24. The highest BCUT2D eigenvalue weighted by Gasteiger charge is 2.22. The lowest BCUT2D eigenvalue weighted by molar-refractivity contribution is 0.102.